The van der Waals surface area contributed by atoms with Gasteiger partial charge in [0.15, 0.2) is 0 Å². The van der Waals surface area contributed by atoms with Crippen molar-refractivity contribution in [3.05, 3.63) is 103 Å². The molecule has 0 radical (unpaired) electrons. The van der Waals surface area contributed by atoms with Crippen LogP contribution in [0.4, 0.5) is 24.5 Å². The lowest BCUT2D eigenvalue weighted by atomic mass is 9.82. The lowest BCUT2D eigenvalue weighted by Crippen LogP contribution is -2.33. The summed E-state index contributed by atoms with van der Waals surface area (Å²) >= 11 is 7.59. The Hall–Kier alpha value is -4.07. The average molecular weight is 646 g/mol. The van der Waals surface area contributed by atoms with Gasteiger partial charge in [0.25, 0.3) is 0 Å². The zero-order valence-electron chi connectivity index (χ0n) is 21.7. The van der Waals surface area contributed by atoms with Crippen LogP contribution in [0.5, 0.6) is 5.75 Å². The highest BCUT2D eigenvalue weighted by molar-refractivity contribution is 8.00. The number of carbonyl (C=O) groups excluding carboxylic acids is 3. The number of phenols is 1. The van der Waals surface area contributed by atoms with Gasteiger partial charge in [0.2, 0.25) is 17.7 Å². The summed E-state index contributed by atoms with van der Waals surface area (Å²) in [5.74, 6) is -4.36. The summed E-state index contributed by atoms with van der Waals surface area (Å²) in [6.07, 6.45) is -4.70. The van der Waals surface area contributed by atoms with Gasteiger partial charge in [-0.05, 0) is 48.5 Å². The zero-order valence-corrected chi connectivity index (χ0v) is 24.1. The Morgan fingerprint density at radius 2 is 1.70 bits per heavy atom. The first-order valence-corrected chi connectivity index (χ1v) is 14.8. The molecule has 3 aromatic carbocycles. The smallest absolute Gasteiger partial charge is 0.416 e. The Morgan fingerprint density at radius 1 is 0.977 bits per heavy atom. The molecule has 3 heterocycles. The van der Waals surface area contributed by atoms with Crippen molar-refractivity contribution < 1.29 is 32.7 Å². The van der Waals surface area contributed by atoms with Gasteiger partial charge in [-0.3, -0.25) is 23.7 Å². The molecule has 8 nitrogen and oxygen atoms in total. The van der Waals surface area contributed by atoms with E-state index in [1.54, 1.807) is 42.5 Å². The molecule has 2 N–H and O–H groups in total. The molecular weight excluding hydrogens is 627 g/mol. The number of nitrogens with one attached hydrogen (secondary N) is 1. The Morgan fingerprint density at radius 3 is 2.40 bits per heavy atom. The minimum atomic E-state index is -4.70. The van der Waals surface area contributed by atoms with Crippen LogP contribution in [0.1, 0.15) is 21.9 Å². The van der Waals surface area contributed by atoms with Crippen LogP contribution in [-0.2, 0) is 27.1 Å². The lowest BCUT2D eigenvalue weighted by Gasteiger charge is -2.31. The van der Waals surface area contributed by atoms with E-state index in [0.29, 0.717) is 15.6 Å². The number of hydrogen-bond acceptors (Lipinski definition) is 7. The van der Waals surface area contributed by atoms with E-state index >= 15 is 0 Å². The maximum absolute atomic E-state index is 13.9. The minimum absolute atomic E-state index is 0.185. The monoisotopic (exact) mass is 645 g/mol. The molecule has 3 unspecified atom stereocenters. The highest BCUT2D eigenvalue weighted by Crippen LogP contribution is 2.55. The molecule has 0 spiro atoms. The highest BCUT2D eigenvalue weighted by Gasteiger charge is 2.57. The SMILES string of the molecule is O=C(Cn1c2c(sc1=O)C(c1ccccc1O)C1C(=O)N(c3cccc(C(F)(F)F)c3)C(=O)C1S2)Nc1ccc(Cl)cc1. The first-order valence-electron chi connectivity index (χ1n) is 12.7. The third-order valence-electron chi connectivity index (χ3n) is 7.18. The van der Waals surface area contributed by atoms with Crippen LogP contribution in [0.25, 0.3) is 0 Å². The second-order valence-electron chi connectivity index (χ2n) is 9.84. The van der Waals surface area contributed by atoms with E-state index in [-0.39, 0.29) is 22.0 Å². The second-order valence-corrected chi connectivity index (χ2v) is 12.4. The largest absolute Gasteiger partial charge is 0.508 e. The maximum atomic E-state index is 13.9. The number of para-hydroxylation sites is 1. The lowest BCUT2D eigenvalue weighted by molar-refractivity contribution is -0.137. The van der Waals surface area contributed by atoms with Crippen molar-refractivity contribution in [1.82, 2.24) is 4.57 Å². The van der Waals surface area contributed by atoms with Gasteiger partial charge in [-0.25, -0.2) is 4.90 Å². The van der Waals surface area contributed by atoms with Crippen molar-refractivity contribution in [3.8, 4) is 5.75 Å². The van der Waals surface area contributed by atoms with Gasteiger partial charge in [0.1, 0.15) is 17.5 Å². The summed E-state index contributed by atoms with van der Waals surface area (Å²) in [6, 6.07) is 16.4. The van der Waals surface area contributed by atoms with E-state index in [2.05, 4.69) is 5.32 Å². The number of aromatic hydroxyl groups is 1. The van der Waals surface area contributed by atoms with E-state index in [4.69, 9.17) is 11.6 Å². The van der Waals surface area contributed by atoms with Crippen LogP contribution in [0.15, 0.2) is 82.6 Å². The predicted octanol–water partition coefficient (Wildman–Crippen LogP) is 5.72. The molecule has 1 saturated heterocycles. The topological polar surface area (TPSA) is 109 Å². The number of rotatable bonds is 5. The number of phenolic OH excluding ortho intramolecular Hbond substituents is 1. The summed E-state index contributed by atoms with van der Waals surface area (Å²) in [5, 5.41) is 13.1. The number of imide groups is 1. The number of carbonyl (C=O) groups is 3. The molecule has 1 fully saturated rings. The minimum Gasteiger partial charge on any atom is -0.508 e. The van der Waals surface area contributed by atoms with Crippen LogP contribution < -0.4 is 15.1 Å². The van der Waals surface area contributed by atoms with Gasteiger partial charge >= 0.3 is 11.0 Å². The highest BCUT2D eigenvalue weighted by atomic mass is 35.5. The number of halogens is 4. The summed E-state index contributed by atoms with van der Waals surface area (Å²) < 4.78 is 41.6. The van der Waals surface area contributed by atoms with E-state index in [1.807, 2.05) is 0 Å². The predicted molar refractivity (Wildman–Crippen MR) is 156 cm³/mol. The maximum Gasteiger partial charge on any atom is 0.416 e. The Bertz CT molecular complexity index is 1840. The van der Waals surface area contributed by atoms with Crippen LogP contribution in [-0.4, -0.2) is 32.6 Å². The number of aromatic nitrogens is 1. The molecule has 1 aromatic heterocycles. The molecular formula is C29H19ClF3N3O5S2. The third-order valence-corrected chi connectivity index (χ3v) is 10.0. The number of fused-ring (bicyclic) bond motifs is 2. The van der Waals surface area contributed by atoms with Crippen molar-refractivity contribution in [2.75, 3.05) is 10.2 Å². The molecule has 3 amide bonds. The van der Waals surface area contributed by atoms with Crippen LogP contribution in [0, 0.1) is 5.92 Å². The number of amides is 3. The van der Waals surface area contributed by atoms with Crippen molar-refractivity contribution >= 4 is 63.8 Å². The quantitative estimate of drug-likeness (QED) is 0.269. The van der Waals surface area contributed by atoms with E-state index < -0.39 is 58.0 Å². The molecule has 6 rings (SSSR count). The molecule has 0 bridgehead atoms. The number of benzene rings is 3. The molecule has 2 aliphatic rings. The van der Waals surface area contributed by atoms with Gasteiger partial charge in [-0.15, -0.1) is 0 Å². The third kappa shape index (κ3) is 5.21. The standard InChI is InChI=1S/C29H19ClF3N3O5S2/c30-15-8-10-16(11-9-15)34-20(38)13-35-27-24(43-28(35)41)21(18-6-1-2-7-19(18)37)22-23(42-27)26(40)36(25(22)39)17-5-3-4-14(12-17)29(31,32)33/h1-12,21-23,37H,13H2,(H,34,38). The summed E-state index contributed by atoms with van der Waals surface area (Å²) in [6.45, 7) is -0.412. The fraction of sp³-hybridized carbons (Fsp3) is 0.172. The summed E-state index contributed by atoms with van der Waals surface area (Å²) in [4.78, 5) is 54.4. The van der Waals surface area contributed by atoms with Crippen molar-refractivity contribution in [3.63, 3.8) is 0 Å². The van der Waals surface area contributed by atoms with Gasteiger partial charge in [-0.2, -0.15) is 13.2 Å². The molecule has 4 aromatic rings. The van der Waals surface area contributed by atoms with Crippen LogP contribution in [0.2, 0.25) is 5.02 Å². The normalized spacial score (nSPS) is 19.7. The molecule has 0 aliphatic carbocycles. The number of nitrogens with zero attached hydrogens (tertiary/aromatic N) is 2. The van der Waals surface area contributed by atoms with Gasteiger partial charge in [-0.1, -0.05) is 59.0 Å². The van der Waals surface area contributed by atoms with Gasteiger partial charge in [0.05, 0.1) is 22.2 Å². The number of alkyl halides is 3. The van der Waals surface area contributed by atoms with Crippen molar-refractivity contribution in [2.24, 2.45) is 5.92 Å². The zero-order chi connectivity index (χ0) is 30.6. The van der Waals surface area contributed by atoms with Crippen LogP contribution >= 0.6 is 34.7 Å². The van der Waals surface area contributed by atoms with Crippen molar-refractivity contribution in [2.45, 2.75) is 28.9 Å². The molecule has 3 atom stereocenters. The fourth-order valence-electron chi connectivity index (χ4n) is 5.29. The van der Waals surface area contributed by atoms with Gasteiger partial charge < -0.3 is 10.4 Å². The fourth-order valence-corrected chi connectivity index (χ4v) is 8.18. The number of thiazole rings is 1. The number of hydrogen-bond donors (Lipinski definition) is 2. The number of thioether (sulfide) groups is 1. The average Bonchev–Trinajstić information content (AvgIpc) is 3.40. The van der Waals surface area contributed by atoms with Crippen LogP contribution in [0.3, 0.4) is 0 Å². The molecule has 0 saturated carbocycles. The molecule has 14 heteroatoms. The summed E-state index contributed by atoms with van der Waals surface area (Å²) in [7, 11) is 0. The summed E-state index contributed by atoms with van der Waals surface area (Å²) in [5.41, 5.74) is -0.547. The Labute approximate surface area is 254 Å². The Balaban J connectivity index is 1.42. The number of anilines is 2. The molecule has 220 valence electrons. The van der Waals surface area contributed by atoms with Crippen molar-refractivity contribution in [1.29, 1.82) is 0 Å². The van der Waals surface area contributed by atoms with E-state index in [1.165, 1.54) is 16.7 Å². The van der Waals surface area contributed by atoms with E-state index in [9.17, 15) is 37.5 Å². The van der Waals surface area contributed by atoms with E-state index in [0.717, 1.165) is 46.2 Å². The molecule has 43 heavy (non-hydrogen) atoms. The Kier molecular flexibility index (Phi) is 7.35. The second kappa shape index (κ2) is 10.9. The molecule has 2 aliphatic heterocycles. The van der Waals surface area contributed by atoms with Gasteiger partial charge in [0, 0.05) is 27.1 Å². The first-order chi connectivity index (χ1) is 20.4. The first kappa shape index (κ1) is 29.0.